The first kappa shape index (κ1) is 25.8. The Kier molecular flexibility index (Phi) is 7.27. The SMILES string of the molecule is C[C@H]1CCOC2C(CNN2C)C2NCCC(NC3CC4C(CN3)C(c3ccc(CN5CCC5)n3C)NN41)N2. The maximum absolute atomic E-state index is 6.57. The Morgan fingerprint density at radius 1 is 1.00 bits per heavy atom. The molecule has 6 N–H and O–H groups in total. The lowest BCUT2D eigenvalue weighted by molar-refractivity contribution is -0.0791. The van der Waals surface area contributed by atoms with Gasteiger partial charge >= 0.3 is 0 Å². The molecule has 212 valence electrons. The summed E-state index contributed by atoms with van der Waals surface area (Å²) in [5, 5.41) is 20.2. The van der Waals surface area contributed by atoms with Gasteiger partial charge in [0.1, 0.15) is 6.23 Å². The Labute approximate surface area is 227 Å². The number of rotatable bonds is 3. The number of hydrazine groups is 2. The standard InChI is InChI=1S/C27H48N10O/c1-17-8-12-38-27-20(15-30-35(27)3)26-28-9-7-23(32-26)31-24-13-22-19(14-29-24)25(33-37(17)22)21-6-5-18(34(21)2)16-36-10-4-11-36/h5-6,17,19-20,22-33H,4,7-16H2,1-3H3/t17-,19?,20?,22?,23?,24?,25?,26?,27?/m0/s1. The van der Waals surface area contributed by atoms with Gasteiger partial charge in [0.05, 0.1) is 31.1 Å². The molecule has 0 saturated carbocycles. The molecule has 0 aromatic carbocycles. The normalized spacial score (nSPS) is 43.0. The van der Waals surface area contributed by atoms with Crippen molar-refractivity contribution in [3.05, 3.63) is 23.5 Å². The van der Waals surface area contributed by atoms with Gasteiger partial charge in [0, 0.05) is 69.0 Å². The summed E-state index contributed by atoms with van der Waals surface area (Å²) in [6.07, 6.45) is 5.40. The first-order valence-corrected chi connectivity index (χ1v) is 15.0. The molecule has 11 nitrogen and oxygen atoms in total. The van der Waals surface area contributed by atoms with Gasteiger partial charge in [-0.25, -0.2) is 15.4 Å². The van der Waals surface area contributed by atoms with Gasteiger partial charge in [0.2, 0.25) is 0 Å². The van der Waals surface area contributed by atoms with Crippen molar-refractivity contribution in [1.82, 2.24) is 51.6 Å². The maximum Gasteiger partial charge on any atom is 0.129 e. The van der Waals surface area contributed by atoms with Gasteiger partial charge in [0.15, 0.2) is 0 Å². The molecule has 0 amide bonds. The minimum absolute atomic E-state index is 0.0618. The lowest BCUT2D eigenvalue weighted by atomic mass is 9.85. The van der Waals surface area contributed by atoms with Crippen LogP contribution in [0, 0.1) is 11.8 Å². The zero-order valence-electron chi connectivity index (χ0n) is 23.3. The largest absolute Gasteiger partial charge is 0.361 e. The second-order valence-electron chi connectivity index (χ2n) is 12.5. The van der Waals surface area contributed by atoms with Crippen molar-refractivity contribution in [2.45, 2.75) is 82.0 Å². The van der Waals surface area contributed by atoms with Crippen molar-refractivity contribution >= 4 is 0 Å². The fraction of sp³-hybridized carbons (Fsp3) is 0.852. The third-order valence-electron chi connectivity index (χ3n) is 10.2. The molecule has 6 fully saturated rings. The highest BCUT2D eigenvalue weighted by Gasteiger charge is 2.48. The van der Waals surface area contributed by atoms with Gasteiger partial charge in [-0.05, 0) is 64.4 Å². The summed E-state index contributed by atoms with van der Waals surface area (Å²) in [6.45, 7) is 9.62. The number of nitrogens with zero attached hydrogens (tertiary/aromatic N) is 4. The number of likely N-dealkylation sites (tertiary alicyclic amines) is 1. The summed E-state index contributed by atoms with van der Waals surface area (Å²) in [5.41, 5.74) is 10.4. The molecule has 0 aliphatic carbocycles. The summed E-state index contributed by atoms with van der Waals surface area (Å²) < 4.78 is 9.03. The van der Waals surface area contributed by atoms with Gasteiger partial charge in [-0.15, -0.1) is 0 Å². The Morgan fingerprint density at radius 2 is 1.89 bits per heavy atom. The molecule has 7 heterocycles. The molecule has 11 heteroatoms. The first-order valence-electron chi connectivity index (χ1n) is 15.0. The summed E-state index contributed by atoms with van der Waals surface area (Å²) in [7, 11) is 4.37. The molecule has 9 atom stereocenters. The second kappa shape index (κ2) is 10.7. The van der Waals surface area contributed by atoms with E-state index in [-0.39, 0.29) is 18.6 Å². The van der Waals surface area contributed by atoms with E-state index in [1.165, 1.54) is 30.9 Å². The third-order valence-corrected chi connectivity index (χ3v) is 10.2. The number of nitrogens with one attached hydrogen (secondary N) is 6. The molecule has 1 aromatic heterocycles. The van der Waals surface area contributed by atoms with Crippen LogP contribution in [-0.4, -0.2) is 103 Å². The molecule has 6 aliphatic heterocycles. The van der Waals surface area contributed by atoms with Crippen molar-refractivity contribution in [2.75, 3.05) is 46.4 Å². The summed E-state index contributed by atoms with van der Waals surface area (Å²) >= 11 is 0. The fourth-order valence-corrected chi connectivity index (χ4v) is 7.74. The van der Waals surface area contributed by atoms with Gasteiger partial charge in [-0.2, -0.15) is 0 Å². The average molecular weight is 529 g/mol. The van der Waals surface area contributed by atoms with Gasteiger partial charge in [-0.1, -0.05) is 0 Å². The van der Waals surface area contributed by atoms with Crippen LogP contribution in [0.4, 0.5) is 0 Å². The molecule has 6 saturated heterocycles. The molecule has 4 bridgehead atoms. The van der Waals surface area contributed by atoms with E-state index in [1.807, 2.05) is 0 Å². The van der Waals surface area contributed by atoms with E-state index in [1.54, 1.807) is 0 Å². The van der Waals surface area contributed by atoms with Crippen LogP contribution >= 0.6 is 0 Å². The van der Waals surface area contributed by atoms with E-state index in [9.17, 15) is 0 Å². The number of hydrogen-bond donors (Lipinski definition) is 6. The monoisotopic (exact) mass is 528 g/mol. The highest BCUT2D eigenvalue weighted by Crippen LogP contribution is 2.39. The van der Waals surface area contributed by atoms with Gasteiger partial charge in [-0.3, -0.25) is 21.0 Å². The summed E-state index contributed by atoms with van der Waals surface area (Å²) in [6, 6.07) is 5.91. The van der Waals surface area contributed by atoms with Gasteiger partial charge in [0.25, 0.3) is 0 Å². The van der Waals surface area contributed by atoms with Crippen molar-refractivity contribution in [2.24, 2.45) is 18.9 Å². The number of fused-ring (bicyclic) bond motifs is 5. The zero-order valence-corrected chi connectivity index (χ0v) is 23.3. The molecule has 7 rings (SSSR count). The number of hydrogen-bond acceptors (Lipinski definition) is 10. The fourth-order valence-electron chi connectivity index (χ4n) is 7.74. The average Bonchev–Trinajstić information content (AvgIpc) is 3.56. The minimum atomic E-state index is 0.0618. The van der Waals surface area contributed by atoms with Crippen molar-refractivity contribution in [3.8, 4) is 0 Å². The molecular formula is C27H48N10O. The van der Waals surface area contributed by atoms with Crippen LogP contribution in [0.5, 0.6) is 0 Å². The van der Waals surface area contributed by atoms with Crippen LogP contribution in [0.1, 0.15) is 50.0 Å². The number of aromatic nitrogens is 1. The highest BCUT2D eigenvalue weighted by molar-refractivity contribution is 5.23. The predicted molar refractivity (Wildman–Crippen MR) is 146 cm³/mol. The molecule has 0 spiro atoms. The van der Waals surface area contributed by atoms with Crippen LogP contribution in [0.3, 0.4) is 0 Å². The van der Waals surface area contributed by atoms with Crippen LogP contribution in [-0.2, 0) is 18.3 Å². The van der Waals surface area contributed by atoms with Crippen LogP contribution in [0.15, 0.2) is 12.1 Å². The minimum Gasteiger partial charge on any atom is -0.361 e. The zero-order chi connectivity index (χ0) is 25.8. The first-order chi connectivity index (χ1) is 18.5. The Hall–Kier alpha value is -1.12. The van der Waals surface area contributed by atoms with Crippen molar-refractivity contribution in [1.29, 1.82) is 0 Å². The summed E-state index contributed by atoms with van der Waals surface area (Å²) in [5.74, 6) is 0.884. The Bertz CT molecular complexity index is 970. The maximum atomic E-state index is 6.57. The lowest BCUT2D eigenvalue weighted by Crippen LogP contribution is -2.67. The topological polar surface area (TPSA) is 96.1 Å². The number of ether oxygens (including phenoxy) is 1. The highest BCUT2D eigenvalue weighted by atomic mass is 16.5. The van der Waals surface area contributed by atoms with E-state index < -0.39 is 0 Å². The lowest BCUT2D eigenvalue weighted by Gasteiger charge is -2.43. The van der Waals surface area contributed by atoms with E-state index in [2.05, 4.69) is 84.8 Å². The van der Waals surface area contributed by atoms with E-state index >= 15 is 0 Å². The van der Waals surface area contributed by atoms with Crippen LogP contribution in [0.2, 0.25) is 0 Å². The Balaban J connectivity index is 1.12. The van der Waals surface area contributed by atoms with Crippen LogP contribution < -0.4 is 32.1 Å². The van der Waals surface area contributed by atoms with Gasteiger partial charge < -0.3 is 19.9 Å². The molecule has 0 radical (unpaired) electrons. The van der Waals surface area contributed by atoms with Crippen molar-refractivity contribution in [3.63, 3.8) is 0 Å². The predicted octanol–water partition coefficient (Wildman–Crippen LogP) is -0.578. The quantitative estimate of drug-likeness (QED) is 0.306. The molecule has 6 aliphatic rings. The Morgan fingerprint density at radius 3 is 2.74 bits per heavy atom. The van der Waals surface area contributed by atoms with Crippen molar-refractivity contribution < 1.29 is 4.74 Å². The molecule has 8 unspecified atom stereocenters. The molecule has 38 heavy (non-hydrogen) atoms. The van der Waals surface area contributed by atoms with Crippen LogP contribution in [0.25, 0.3) is 0 Å². The van der Waals surface area contributed by atoms with E-state index in [0.717, 1.165) is 52.0 Å². The smallest absolute Gasteiger partial charge is 0.129 e. The molecular weight excluding hydrogens is 480 g/mol. The second-order valence-corrected chi connectivity index (χ2v) is 12.5. The van der Waals surface area contributed by atoms with E-state index in [4.69, 9.17) is 4.74 Å². The molecule has 1 aromatic rings. The third kappa shape index (κ3) is 4.74. The number of piperidine rings is 1. The van der Waals surface area contributed by atoms with E-state index in [0.29, 0.717) is 36.1 Å². The summed E-state index contributed by atoms with van der Waals surface area (Å²) in [4.78, 5) is 2.55.